The topological polar surface area (TPSA) is 43.6 Å². The predicted octanol–water partition coefficient (Wildman–Crippen LogP) is 18.0. The first kappa shape index (κ1) is 43.3. The second-order valence-corrected chi connectivity index (χ2v) is 18.3. The van der Waals surface area contributed by atoms with Crippen LogP contribution in [-0.2, 0) is 0 Å². The van der Waals surface area contributed by atoms with Crippen LogP contribution in [0.1, 0.15) is 0 Å². The maximum Gasteiger partial charge on any atom is 0.164 e. The van der Waals surface area contributed by atoms with Gasteiger partial charge in [-0.05, 0) is 79.9 Å². The molecule has 0 bridgehead atoms. The Kier molecular flexibility index (Phi) is 11.2. The van der Waals surface area contributed by atoms with Crippen LogP contribution >= 0.6 is 0 Å². The van der Waals surface area contributed by atoms with Gasteiger partial charge in [-0.2, -0.15) is 0 Å². The highest BCUT2D eigenvalue weighted by Crippen LogP contribution is 2.47. The largest absolute Gasteiger partial charge is 0.308 e. The lowest BCUT2D eigenvalue weighted by Gasteiger charge is -2.21. The van der Waals surface area contributed by atoms with Crippen LogP contribution in [0.3, 0.4) is 0 Å². The quantitative estimate of drug-likeness (QED) is 0.137. The van der Waals surface area contributed by atoms with Gasteiger partial charge in [0.15, 0.2) is 17.5 Å². The van der Waals surface area contributed by atoms with E-state index in [0.717, 1.165) is 77.9 Å². The molecule has 0 fully saturated rings. The van der Waals surface area contributed by atoms with Crippen molar-refractivity contribution in [3.63, 3.8) is 0 Å². The maximum atomic E-state index is 5.39. The summed E-state index contributed by atoms with van der Waals surface area (Å²) in [5.41, 5.74) is 19.5. The maximum absolute atomic E-state index is 5.39. The summed E-state index contributed by atoms with van der Waals surface area (Å²) in [5, 5.41) is 2.40. The molecule has 0 radical (unpaired) electrons. The minimum Gasteiger partial charge on any atom is -0.308 e. The lowest BCUT2D eigenvalue weighted by Crippen LogP contribution is -2.04. The third-order valence-corrected chi connectivity index (χ3v) is 13.9. The molecule has 0 aliphatic heterocycles. The van der Waals surface area contributed by atoms with Crippen molar-refractivity contribution >= 4 is 21.8 Å². The molecule has 2 heterocycles. The molecular weight excluding hydrogens is 885 g/mol. The van der Waals surface area contributed by atoms with Crippen molar-refractivity contribution in [3.05, 3.63) is 279 Å². The third-order valence-electron chi connectivity index (χ3n) is 13.9. The second-order valence-electron chi connectivity index (χ2n) is 18.3. The molecule has 0 atom stereocenters. The summed E-state index contributed by atoms with van der Waals surface area (Å²) in [4.78, 5) is 16.0. The molecule has 4 nitrogen and oxygen atoms in total. The van der Waals surface area contributed by atoms with Gasteiger partial charge in [0.1, 0.15) is 0 Å². The number of benzene rings is 11. The molecule has 0 amide bonds. The van der Waals surface area contributed by atoms with Crippen LogP contribution in [0.25, 0.3) is 128 Å². The first-order valence-electron chi connectivity index (χ1n) is 24.8. The van der Waals surface area contributed by atoms with Crippen LogP contribution in [-0.4, -0.2) is 19.5 Å². The van der Waals surface area contributed by atoms with Crippen LogP contribution in [0, 0.1) is 0 Å². The number of nitrogens with zero attached hydrogens (tertiary/aromatic N) is 4. The number of fused-ring (bicyclic) bond motifs is 3. The molecule has 0 saturated carbocycles. The zero-order valence-electron chi connectivity index (χ0n) is 39.8. The van der Waals surface area contributed by atoms with E-state index in [2.05, 4.69) is 271 Å². The molecule has 11 aromatic carbocycles. The molecule has 73 heavy (non-hydrogen) atoms. The highest BCUT2D eigenvalue weighted by molar-refractivity contribution is 6.21. The Bertz CT molecular complexity index is 3800. The minimum absolute atomic E-state index is 0.583. The van der Waals surface area contributed by atoms with Crippen molar-refractivity contribution in [1.82, 2.24) is 19.5 Å². The summed E-state index contributed by atoms with van der Waals surface area (Å²) >= 11 is 0. The van der Waals surface area contributed by atoms with Gasteiger partial charge >= 0.3 is 0 Å². The molecule has 0 aliphatic rings. The molecular formula is C69H46N4. The zero-order valence-corrected chi connectivity index (χ0v) is 39.8. The van der Waals surface area contributed by atoms with Gasteiger partial charge in [-0.1, -0.05) is 255 Å². The fourth-order valence-electron chi connectivity index (χ4n) is 10.4. The monoisotopic (exact) mass is 930 g/mol. The summed E-state index contributed by atoms with van der Waals surface area (Å²) in [6.07, 6.45) is 0. The lowest BCUT2D eigenvalue weighted by atomic mass is 9.92. The van der Waals surface area contributed by atoms with E-state index in [-0.39, 0.29) is 0 Å². The molecule has 13 rings (SSSR count). The van der Waals surface area contributed by atoms with Crippen molar-refractivity contribution in [2.75, 3.05) is 0 Å². The molecule has 4 heteroatoms. The Morgan fingerprint density at radius 2 is 0.479 bits per heavy atom. The van der Waals surface area contributed by atoms with E-state index in [1.807, 2.05) is 12.1 Å². The van der Waals surface area contributed by atoms with Crippen LogP contribution in [0.5, 0.6) is 0 Å². The van der Waals surface area contributed by atoms with E-state index in [0.29, 0.717) is 17.5 Å². The van der Waals surface area contributed by atoms with E-state index >= 15 is 0 Å². The average Bonchev–Trinajstić information content (AvgIpc) is 3.82. The number of hydrogen-bond acceptors (Lipinski definition) is 3. The molecule has 0 N–H and O–H groups in total. The van der Waals surface area contributed by atoms with Gasteiger partial charge in [0.2, 0.25) is 0 Å². The predicted molar refractivity (Wildman–Crippen MR) is 303 cm³/mol. The van der Waals surface area contributed by atoms with Crippen LogP contribution in [0.15, 0.2) is 279 Å². The van der Waals surface area contributed by atoms with Gasteiger partial charge in [-0.15, -0.1) is 0 Å². The lowest BCUT2D eigenvalue weighted by molar-refractivity contribution is 1.07. The minimum atomic E-state index is 0.583. The average molecular weight is 931 g/mol. The molecule has 0 unspecified atom stereocenters. The molecule has 342 valence electrons. The summed E-state index contributed by atoms with van der Waals surface area (Å²) in [6, 6.07) is 99.1. The summed E-state index contributed by atoms with van der Waals surface area (Å²) in [6.45, 7) is 0. The fourth-order valence-corrected chi connectivity index (χ4v) is 10.4. The van der Waals surface area contributed by atoms with Crippen molar-refractivity contribution in [2.45, 2.75) is 0 Å². The number of hydrogen-bond donors (Lipinski definition) is 0. The number of rotatable bonds is 10. The van der Waals surface area contributed by atoms with E-state index < -0.39 is 0 Å². The highest BCUT2D eigenvalue weighted by Gasteiger charge is 2.25. The first-order chi connectivity index (χ1) is 36.2. The molecule has 0 spiro atoms. The van der Waals surface area contributed by atoms with Crippen LogP contribution < -0.4 is 0 Å². The Morgan fingerprint density at radius 1 is 0.205 bits per heavy atom. The first-order valence-corrected chi connectivity index (χ1v) is 24.8. The van der Waals surface area contributed by atoms with E-state index in [1.165, 1.54) is 33.0 Å². The zero-order chi connectivity index (χ0) is 48.5. The summed E-state index contributed by atoms with van der Waals surface area (Å²) in [5.74, 6) is 1.78. The van der Waals surface area contributed by atoms with Crippen molar-refractivity contribution in [1.29, 1.82) is 0 Å². The standard InChI is InChI=1S/C69H46N4/c1-7-21-47(22-8-1)49-37-41-55(42-38-49)67-70-68(56-43-39-50(40-44-56)48-23-9-2-10-24-48)72-69(71-67)57-45-60(53-29-15-5-16-30-53)66(61(46-57)54-31-17-6-18-32-54)73-62-35-19-33-58(51-25-11-3-12-26-51)64(62)65-59(34-20-36-63(65)73)52-27-13-4-14-28-52/h1-46H. The molecule has 2 aromatic heterocycles. The van der Waals surface area contributed by atoms with Gasteiger partial charge < -0.3 is 4.57 Å². The highest BCUT2D eigenvalue weighted by atomic mass is 15.0. The summed E-state index contributed by atoms with van der Waals surface area (Å²) < 4.78 is 2.50. The van der Waals surface area contributed by atoms with Gasteiger partial charge in [0.05, 0.1) is 16.7 Å². The number of aromatic nitrogens is 4. The van der Waals surface area contributed by atoms with E-state index in [4.69, 9.17) is 15.0 Å². The van der Waals surface area contributed by atoms with Gasteiger partial charge in [-0.3, -0.25) is 0 Å². The van der Waals surface area contributed by atoms with E-state index in [9.17, 15) is 0 Å². The van der Waals surface area contributed by atoms with Crippen LogP contribution in [0.2, 0.25) is 0 Å². The third kappa shape index (κ3) is 8.17. The molecule has 0 aliphatic carbocycles. The Labute approximate surface area is 424 Å². The van der Waals surface area contributed by atoms with E-state index in [1.54, 1.807) is 0 Å². The van der Waals surface area contributed by atoms with Crippen LogP contribution in [0.4, 0.5) is 0 Å². The van der Waals surface area contributed by atoms with Gasteiger partial charge in [0.25, 0.3) is 0 Å². The van der Waals surface area contributed by atoms with Crippen molar-refractivity contribution in [3.8, 4) is 107 Å². The molecule has 0 saturated heterocycles. The SMILES string of the molecule is c1ccc(-c2ccc(-c3nc(-c4ccc(-c5ccccc5)cc4)nc(-c4cc(-c5ccccc5)c(-n5c6cccc(-c7ccccc7)c6c6c(-c7ccccc7)cccc65)c(-c5ccccc5)c4)n3)cc2)cc1. The Hall–Kier alpha value is -9.77. The summed E-state index contributed by atoms with van der Waals surface area (Å²) in [7, 11) is 0. The van der Waals surface area contributed by atoms with Gasteiger partial charge in [0, 0.05) is 38.6 Å². The Balaban J connectivity index is 1.09. The van der Waals surface area contributed by atoms with Gasteiger partial charge in [-0.25, -0.2) is 15.0 Å². The fraction of sp³-hybridized carbons (Fsp3) is 0. The van der Waals surface area contributed by atoms with Crippen molar-refractivity contribution < 1.29 is 0 Å². The Morgan fingerprint density at radius 3 is 0.822 bits per heavy atom. The smallest absolute Gasteiger partial charge is 0.164 e. The normalized spacial score (nSPS) is 11.3. The molecule has 13 aromatic rings. The van der Waals surface area contributed by atoms with Crippen molar-refractivity contribution in [2.24, 2.45) is 0 Å². The second kappa shape index (κ2) is 18.9.